The molecule has 0 bridgehead atoms. The zero-order valence-corrected chi connectivity index (χ0v) is 13.9. The highest BCUT2D eigenvalue weighted by molar-refractivity contribution is 5.88. The number of nitrogens with two attached hydrogens (primary N) is 1. The molecular formula is C19H29NO2. The molecule has 0 radical (unpaired) electrons. The first-order chi connectivity index (χ1) is 10.4. The van der Waals surface area contributed by atoms with E-state index in [1.54, 1.807) is 0 Å². The molecule has 0 aromatic heterocycles. The van der Waals surface area contributed by atoms with Crippen molar-refractivity contribution in [1.82, 2.24) is 0 Å². The number of carbonyl (C=O) groups is 2. The van der Waals surface area contributed by atoms with Crippen molar-refractivity contribution in [2.24, 2.45) is 40.2 Å². The quantitative estimate of drug-likeness (QED) is 0.748. The molecule has 2 N–H and O–H groups in total. The third kappa shape index (κ3) is 1.78. The molecule has 0 aromatic rings. The first-order valence-electron chi connectivity index (χ1n) is 9.18. The summed E-state index contributed by atoms with van der Waals surface area (Å²) < 4.78 is 0. The van der Waals surface area contributed by atoms with E-state index in [0.29, 0.717) is 35.7 Å². The number of carbonyl (C=O) groups excluding carboxylic acids is 2. The van der Waals surface area contributed by atoms with Crippen molar-refractivity contribution in [2.45, 2.75) is 71.3 Å². The molecule has 3 nitrogen and oxygen atoms in total. The molecule has 4 aliphatic rings. The van der Waals surface area contributed by atoms with Crippen LogP contribution in [0.15, 0.2) is 0 Å². The molecule has 0 aromatic carbocycles. The third-order valence-electron chi connectivity index (χ3n) is 8.21. The SMILES string of the molecule is C[C@]12CCC(N)CC1C(=O)C[C@@H]1[C@H]2CC[C@]2(C)C(=O)CC[C@@H]12. The molecule has 4 aliphatic carbocycles. The van der Waals surface area contributed by atoms with Crippen molar-refractivity contribution in [3.8, 4) is 0 Å². The Balaban J connectivity index is 1.69. The van der Waals surface area contributed by atoms with Crippen LogP contribution in [0, 0.1) is 34.5 Å². The molecule has 2 unspecified atom stereocenters. The fourth-order valence-corrected chi connectivity index (χ4v) is 6.84. The van der Waals surface area contributed by atoms with Crippen molar-refractivity contribution >= 4 is 11.6 Å². The Hall–Kier alpha value is -0.700. The van der Waals surface area contributed by atoms with Crippen molar-refractivity contribution in [3.05, 3.63) is 0 Å². The minimum atomic E-state index is -0.129. The van der Waals surface area contributed by atoms with E-state index in [2.05, 4.69) is 13.8 Å². The van der Waals surface area contributed by atoms with Crippen molar-refractivity contribution < 1.29 is 9.59 Å². The van der Waals surface area contributed by atoms with Crippen molar-refractivity contribution in [1.29, 1.82) is 0 Å². The Morgan fingerprint density at radius 1 is 1.05 bits per heavy atom. The molecule has 7 atom stereocenters. The molecule has 0 amide bonds. The van der Waals surface area contributed by atoms with Gasteiger partial charge < -0.3 is 5.73 Å². The smallest absolute Gasteiger partial charge is 0.139 e. The molecule has 22 heavy (non-hydrogen) atoms. The van der Waals surface area contributed by atoms with E-state index in [1.807, 2.05) is 0 Å². The van der Waals surface area contributed by atoms with Crippen LogP contribution < -0.4 is 5.73 Å². The lowest BCUT2D eigenvalue weighted by atomic mass is 9.45. The van der Waals surface area contributed by atoms with Crippen LogP contribution in [0.25, 0.3) is 0 Å². The van der Waals surface area contributed by atoms with Crippen LogP contribution in [0.4, 0.5) is 0 Å². The lowest BCUT2D eigenvalue weighted by Crippen LogP contribution is -2.57. The fourth-order valence-electron chi connectivity index (χ4n) is 6.84. The van der Waals surface area contributed by atoms with E-state index in [9.17, 15) is 9.59 Å². The highest BCUT2D eigenvalue weighted by atomic mass is 16.1. The molecule has 4 rings (SSSR count). The number of hydrogen-bond donors (Lipinski definition) is 1. The first kappa shape index (κ1) is 14.9. The summed E-state index contributed by atoms with van der Waals surface area (Å²) in [5, 5.41) is 0. The Morgan fingerprint density at radius 2 is 1.82 bits per heavy atom. The molecule has 0 heterocycles. The Kier molecular flexibility index (Phi) is 3.15. The summed E-state index contributed by atoms with van der Waals surface area (Å²) in [6.07, 6.45) is 7.70. The number of hydrogen-bond acceptors (Lipinski definition) is 3. The summed E-state index contributed by atoms with van der Waals surface area (Å²) in [7, 11) is 0. The highest BCUT2D eigenvalue weighted by Gasteiger charge is 2.61. The van der Waals surface area contributed by atoms with Crippen LogP contribution in [-0.2, 0) is 9.59 Å². The van der Waals surface area contributed by atoms with Crippen LogP contribution in [0.1, 0.15) is 65.2 Å². The lowest BCUT2D eigenvalue weighted by molar-refractivity contribution is -0.156. The summed E-state index contributed by atoms with van der Waals surface area (Å²) in [5.41, 5.74) is 6.17. The first-order valence-corrected chi connectivity index (χ1v) is 9.18. The lowest BCUT2D eigenvalue weighted by Gasteiger charge is -2.59. The van der Waals surface area contributed by atoms with Gasteiger partial charge in [-0.05, 0) is 61.7 Å². The van der Waals surface area contributed by atoms with Gasteiger partial charge in [0, 0.05) is 30.2 Å². The summed E-state index contributed by atoms with van der Waals surface area (Å²) in [4.78, 5) is 25.3. The van der Waals surface area contributed by atoms with Crippen LogP contribution in [0.3, 0.4) is 0 Å². The predicted molar refractivity (Wildman–Crippen MR) is 85.1 cm³/mol. The number of Topliss-reactive ketones (excluding diaryl/α,β-unsaturated/α-hetero) is 2. The molecule has 0 saturated heterocycles. The molecule has 4 saturated carbocycles. The van der Waals surface area contributed by atoms with Gasteiger partial charge in [0.25, 0.3) is 0 Å². The van der Waals surface area contributed by atoms with E-state index < -0.39 is 0 Å². The summed E-state index contributed by atoms with van der Waals surface area (Å²) in [6.45, 7) is 4.54. The van der Waals surface area contributed by atoms with Gasteiger partial charge in [-0.15, -0.1) is 0 Å². The molecule has 3 heteroatoms. The summed E-state index contributed by atoms with van der Waals surface area (Å²) >= 11 is 0. The van der Waals surface area contributed by atoms with Gasteiger partial charge in [0.05, 0.1) is 0 Å². The van der Waals surface area contributed by atoms with Gasteiger partial charge in [0.1, 0.15) is 11.6 Å². The maximum absolute atomic E-state index is 12.9. The standard InChI is InChI=1S/C19H29NO2/c1-18-7-5-11(20)9-15(18)16(21)10-12-13-3-4-17(22)19(13,2)8-6-14(12)18/h11-15H,3-10,20H2,1-2H3/t11?,12-,13-,14+,15?,18+,19-/m0/s1. The van der Waals surface area contributed by atoms with E-state index >= 15 is 0 Å². The monoisotopic (exact) mass is 303 g/mol. The van der Waals surface area contributed by atoms with Crippen LogP contribution in [0.2, 0.25) is 0 Å². The average Bonchev–Trinajstić information content (AvgIpc) is 2.77. The minimum Gasteiger partial charge on any atom is -0.328 e. The van der Waals surface area contributed by atoms with E-state index in [0.717, 1.165) is 44.9 Å². The maximum atomic E-state index is 12.9. The van der Waals surface area contributed by atoms with Gasteiger partial charge >= 0.3 is 0 Å². The van der Waals surface area contributed by atoms with Crippen LogP contribution in [0.5, 0.6) is 0 Å². The second-order valence-corrected chi connectivity index (χ2v) is 9.06. The van der Waals surface area contributed by atoms with E-state index in [1.165, 1.54) is 0 Å². The summed E-state index contributed by atoms with van der Waals surface area (Å²) in [5.74, 6) is 2.62. The second kappa shape index (κ2) is 4.66. The zero-order chi connectivity index (χ0) is 15.7. The van der Waals surface area contributed by atoms with Gasteiger partial charge in [-0.1, -0.05) is 13.8 Å². The topological polar surface area (TPSA) is 60.2 Å². The Labute approximate surface area is 133 Å². The average molecular weight is 303 g/mol. The second-order valence-electron chi connectivity index (χ2n) is 9.06. The normalized spacial score (nSPS) is 54.6. The largest absolute Gasteiger partial charge is 0.328 e. The third-order valence-corrected chi connectivity index (χ3v) is 8.21. The molecule has 0 spiro atoms. The Morgan fingerprint density at radius 3 is 2.59 bits per heavy atom. The Bertz CT molecular complexity index is 530. The summed E-state index contributed by atoms with van der Waals surface area (Å²) in [6, 6.07) is 0.209. The van der Waals surface area contributed by atoms with Gasteiger partial charge in [0.2, 0.25) is 0 Å². The van der Waals surface area contributed by atoms with Gasteiger partial charge in [-0.3, -0.25) is 9.59 Å². The maximum Gasteiger partial charge on any atom is 0.139 e. The highest BCUT2D eigenvalue weighted by Crippen LogP contribution is 2.64. The van der Waals surface area contributed by atoms with Gasteiger partial charge in [0.15, 0.2) is 0 Å². The number of rotatable bonds is 0. The minimum absolute atomic E-state index is 0.129. The predicted octanol–water partition coefficient (Wildman–Crippen LogP) is 3.10. The van der Waals surface area contributed by atoms with Crippen LogP contribution >= 0.6 is 0 Å². The number of ketones is 2. The van der Waals surface area contributed by atoms with Gasteiger partial charge in [-0.2, -0.15) is 0 Å². The zero-order valence-electron chi connectivity index (χ0n) is 13.9. The van der Waals surface area contributed by atoms with Crippen molar-refractivity contribution in [3.63, 3.8) is 0 Å². The van der Waals surface area contributed by atoms with E-state index in [-0.39, 0.29) is 22.8 Å². The number of fused-ring (bicyclic) bond motifs is 5. The van der Waals surface area contributed by atoms with Gasteiger partial charge in [-0.25, -0.2) is 0 Å². The molecule has 4 fully saturated rings. The molecule has 0 aliphatic heterocycles. The molecule has 122 valence electrons. The fraction of sp³-hybridized carbons (Fsp3) is 0.895. The molecular weight excluding hydrogens is 274 g/mol. The van der Waals surface area contributed by atoms with E-state index in [4.69, 9.17) is 5.73 Å². The van der Waals surface area contributed by atoms with Crippen LogP contribution in [-0.4, -0.2) is 17.6 Å². The van der Waals surface area contributed by atoms with Crippen molar-refractivity contribution in [2.75, 3.05) is 0 Å².